The van der Waals surface area contributed by atoms with Crippen LogP contribution in [0.1, 0.15) is 24.1 Å². The van der Waals surface area contributed by atoms with Crippen LogP contribution < -0.4 is 11.1 Å². The van der Waals surface area contributed by atoms with E-state index >= 15 is 0 Å². The third-order valence-electron chi connectivity index (χ3n) is 3.61. The van der Waals surface area contributed by atoms with Crippen LogP contribution in [0.3, 0.4) is 0 Å². The van der Waals surface area contributed by atoms with Gasteiger partial charge in [0, 0.05) is 6.04 Å². The molecule has 0 aliphatic carbocycles. The van der Waals surface area contributed by atoms with Crippen molar-refractivity contribution in [2.45, 2.75) is 32.2 Å². The number of nitrogens with one attached hydrogen (secondary N) is 1. The Labute approximate surface area is 129 Å². The lowest BCUT2D eigenvalue weighted by atomic mass is 10.0. The Morgan fingerprint density at radius 1 is 1.43 bits per heavy atom. The van der Waals surface area contributed by atoms with Crippen molar-refractivity contribution in [1.82, 2.24) is 10.3 Å². The number of amides is 1. The summed E-state index contributed by atoms with van der Waals surface area (Å²) in [5, 5.41) is 3.55. The van der Waals surface area contributed by atoms with Crippen LogP contribution in [0.4, 0.5) is 0 Å². The Balaban J connectivity index is 0.000000497. The number of nitrogens with two attached hydrogens (primary N) is 1. The van der Waals surface area contributed by atoms with Crippen molar-refractivity contribution in [1.29, 1.82) is 0 Å². The first kappa shape index (κ1) is 15.7. The molecular formula is C16H21N3OS. The fourth-order valence-corrected chi connectivity index (χ4v) is 3.40. The zero-order chi connectivity index (χ0) is 15.1. The van der Waals surface area contributed by atoms with Gasteiger partial charge in [0.1, 0.15) is 0 Å². The number of benzene rings is 1. The number of thiazole rings is 1. The standard InChI is InChI=1S/C15H18N2S.CH3NO/c1-11-15(18-10-17-11)13-6-4-12(5-7-13)9-14-3-2-8-16-14;2-1-3/h4-7,10,14,16H,2-3,8-9H2,1H3;1H,(H2,2,3). The lowest BCUT2D eigenvalue weighted by Crippen LogP contribution is -2.23. The van der Waals surface area contributed by atoms with Crippen LogP contribution in [0.5, 0.6) is 0 Å². The molecule has 0 saturated carbocycles. The Bertz CT molecular complexity index is 559. The maximum Gasteiger partial charge on any atom is 0.204 e. The van der Waals surface area contributed by atoms with Gasteiger partial charge in [0.15, 0.2) is 0 Å². The molecule has 21 heavy (non-hydrogen) atoms. The van der Waals surface area contributed by atoms with Gasteiger partial charge in [-0.25, -0.2) is 4.98 Å². The molecule has 4 nitrogen and oxygen atoms in total. The topological polar surface area (TPSA) is 68.0 Å². The average molecular weight is 303 g/mol. The predicted molar refractivity (Wildman–Crippen MR) is 87.3 cm³/mol. The highest BCUT2D eigenvalue weighted by atomic mass is 32.1. The molecule has 5 heteroatoms. The summed E-state index contributed by atoms with van der Waals surface area (Å²) in [5.74, 6) is 0. The number of carbonyl (C=O) groups excluding carboxylic acids is 1. The van der Waals surface area contributed by atoms with Crippen molar-refractivity contribution in [3.63, 3.8) is 0 Å². The Hall–Kier alpha value is -1.72. The molecule has 1 aliphatic heterocycles. The van der Waals surface area contributed by atoms with Crippen molar-refractivity contribution in [2.75, 3.05) is 6.54 Å². The van der Waals surface area contributed by atoms with E-state index in [-0.39, 0.29) is 6.41 Å². The Morgan fingerprint density at radius 2 is 2.14 bits per heavy atom. The van der Waals surface area contributed by atoms with Crippen molar-refractivity contribution < 1.29 is 4.79 Å². The van der Waals surface area contributed by atoms with E-state index in [1.165, 1.54) is 35.4 Å². The van der Waals surface area contributed by atoms with Crippen molar-refractivity contribution in [2.24, 2.45) is 5.73 Å². The van der Waals surface area contributed by atoms with Crippen LogP contribution in [-0.4, -0.2) is 24.0 Å². The van der Waals surface area contributed by atoms with Gasteiger partial charge < -0.3 is 11.1 Å². The normalized spacial score (nSPS) is 17.1. The van der Waals surface area contributed by atoms with Gasteiger partial charge in [-0.2, -0.15) is 0 Å². The molecule has 0 spiro atoms. The molecule has 1 fully saturated rings. The molecule has 1 aromatic carbocycles. The quantitative estimate of drug-likeness (QED) is 0.856. The summed E-state index contributed by atoms with van der Waals surface area (Å²) in [4.78, 5) is 14.2. The van der Waals surface area contributed by atoms with Gasteiger partial charge in [-0.1, -0.05) is 24.3 Å². The molecule has 1 atom stereocenters. The molecule has 0 bridgehead atoms. The smallest absolute Gasteiger partial charge is 0.204 e. The van der Waals surface area contributed by atoms with Crippen molar-refractivity contribution in [3.05, 3.63) is 41.0 Å². The molecule has 1 amide bonds. The number of primary amides is 1. The van der Waals surface area contributed by atoms with Gasteiger partial charge in [-0.05, 0) is 43.9 Å². The number of hydrogen-bond acceptors (Lipinski definition) is 4. The van der Waals surface area contributed by atoms with E-state index in [0.29, 0.717) is 6.04 Å². The summed E-state index contributed by atoms with van der Waals surface area (Å²) < 4.78 is 0. The van der Waals surface area contributed by atoms with E-state index in [4.69, 9.17) is 4.79 Å². The van der Waals surface area contributed by atoms with Crippen LogP contribution in [0.25, 0.3) is 10.4 Å². The molecule has 0 radical (unpaired) electrons. The highest BCUT2D eigenvalue weighted by molar-refractivity contribution is 7.13. The van der Waals surface area contributed by atoms with E-state index in [1.807, 2.05) is 5.51 Å². The molecule has 112 valence electrons. The number of rotatable bonds is 3. The number of nitrogens with zero attached hydrogens (tertiary/aromatic N) is 1. The summed E-state index contributed by atoms with van der Waals surface area (Å²) in [5.41, 5.74) is 9.93. The number of aromatic nitrogens is 1. The van der Waals surface area contributed by atoms with E-state index < -0.39 is 0 Å². The summed E-state index contributed by atoms with van der Waals surface area (Å²) >= 11 is 1.72. The van der Waals surface area contributed by atoms with Gasteiger partial charge in [-0.3, -0.25) is 4.79 Å². The van der Waals surface area contributed by atoms with Crippen LogP contribution in [0.15, 0.2) is 29.8 Å². The zero-order valence-electron chi connectivity index (χ0n) is 12.2. The monoisotopic (exact) mass is 303 g/mol. The van der Waals surface area contributed by atoms with Crippen molar-refractivity contribution >= 4 is 17.7 Å². The van der Waals surface area contributed by atoms with Gasteiger partial charge in [0.25, 0.3) is 0 Å². The minimum absolute atomic E-state index is 0.250. The maximum atomic E-state index is 8.58. The Morgan fingerprint density at radius 3 is 2.67 bits per heavy atom. The molecule has 2 heterocycles. The average Bonchev–Trinajstić information content (AvgIpc) is 3.12. The minimum Gasteiger partial charge on any atom is -0.372 e. The molecule has 1 aromatic heterocycles. The Kier molecular flexibility index (Phi) is 5.90. The van der Waals surface area contributed by atoms with Gasteiger partial charge in [-0.15, -0.1) is 11.3 Å². The van der Waals surface area contributed by atoms with E-state index in [0.717, 1.165) is 12.1 Å². The van der Waals surface area contributed by atoms with Gasteiger partial charge >= 0.3 is 0 Å². The third kappa shape index (κ3) is 4.37. The summed E-state index contributed by atoms with van der Waals surface area (Å²) in [6, 6.07) is 9.65. The molecule has 1 aliphatic rings. The largest absolute Gasteiger partial charge is 0.372 e. The molecular weight excluding hydrogens is 282 g/mol. The third-order valence-corrected chi connectivity index (χ3v) is 4.58. The van der Waals surface area contributed by atoms with E-state index in [2.05, 4.69) is 47.2 Å². The number of hydrogen-bond donors (Lipinski definition) is 2. The molecule has 1 saturated heterocycles. The molecule has 3 N–H and O–H groups in total. The second-order valence-corrected chi connectivity index (χ2v) is 5.95. The second kappa shape index (κ2) is 7.90. The lowest BCUT2D eigenvalue weighted by molar-refractivity contribution is -0.106. The van der Waals surface area contributed by atoms with E-state index in [1.54, 1.807) is 11.3 Å². The first-order valence-electron chi connectivity index (χ1n) is 7.12. The first-order valence-corrected chi connectivity index (χ1v) is 8.00. The maximum absolute atomic E-state index is 8.58. The molecule has 1 unspecified atom stereocenters. The fraction of sp³-hybridized carbons (Fsp3) is 0.375. The van der Waals surface area contributed by atoms with Crippen LogP contribution in [0.2, 0.25) is 0 Å². The fourth-order valence-electron chi connectivity index (χ4n) is 2.59. The van der Waals surface area contributed by atoms with Crippen LogP contribution >= 0.6 is 11.3 Å². The highest BCUT2D eigenvalue weighted by Crippen LogP contribution is 2.27. The SMILES string of the molecule is Cc1ncsc1-c1ccc(CC2CCCN2)cc1.NC=O. The number of carbonyl (C=O) groups is 1. The van der Waals surface area contributed by atoms with E-state index in [9.17, 15) is 0 Å². The lowest BCUT2D eigenvalue weighted by Gasteiger charge is -2.10. The molecule has 3 rings (SSSR count). The summed E-state index contributed by atoms with van der Waals surface area (Å²) in [6.07, 6.45) is 4.04. The summed E-state index contributed by atoms with van der Waals surface area (Å²) in [7, 11) is 0. The summed E-state index contributed by atoms with van der Waals surface area (Å²) in [6.45, 7) is 3.25. The van der Waals surface area contributed by atoms with Crippen LogP contribution in [0, 0.1) is 6.92 Å². The predicted octanol–water partition coefficient (Wildman–Crippen LogP) is 2.51. The minimum atomic E-state index is 0.250. The second-order valence-electron chi connectivity index (χ2n) is 5.10. The number of aryl methyl sites for hydroxylation is 1. The molecule has 2 aromatic rings. The van der Waals surface area contributed by atoms with Crippen molar-refractivity contribution in [3.8, 4) is 10.4 Å². The van der Waals surface area contributed by atoms with Gasteiger partial charge in [0.2, 0.25) is 6.41 Å². The van der Waals surface area contributed by atoms with Gasteiger partial charge in [0.05, 0.1) is 16.1 Å². The highest BCUT2D eigenvalue weighted by Gasteiger charge is 2.14. The first-order chi connectivity index (χ1) is 10.2. The zero-order valence-corrected chi connectivity index (χ0v) is 13.0. The van der Waals surface area contributed by atoms with Crippen LogP contribution in [-0.2, 0) is 11.2 Å².